The summed E-state index contributed by atoms with van der Waals surface area (Å²) < 4.78 is 24.2. The van der Waals surface area contributed by atoms with Crippen molar-refractivity contribution in [3.63, 3.8) is 0 Å². The van der Waals surface area contributed by atoms with Gasteiger partial charge in [0.1, 0.15) is 0 Å². The molecule has 0 fully saturated rings. The maximum atomic E-state index is 12.1. The summed E-state index contributed by atoms with van der Waals surface area (Å²) >= 11 is 0. The quantitative estimate of drug-likeness (QED) is 0.505. The minimum Gasteiger partial charge on any atom is -0.258 e. The van der Waals surface area contributed by atoms with Crippen LogP contribution in [-0.4, -0.2) is 19.6 Å². The van der Waals surface area contributed by atoms with Crippen molar-refractivity contribution < 1.29 is 13.3 Å². The maximum Gasteiger partial charge on any atom is 0.276 e. The highest BCUT2D eigenvalue weighted by Crippen LogP contribution is 2.21. The van der Waals surface area contributed by atoms with Crippen LogP contribution in [0.5, 0.6) is 0 Å². The second kappa shape index (κ2) is 6.89. The number of sulfonamides is 1. The van der Waals surface area contributed by atoms with E-state index in [2.05, 4.69) is 5.10 Å². The Bertz CT molecular complexity index is 944. The topological polar surface area (TPSA) is 125 Å². The molecule has 1 N–H and O–H groups in total. The van der Waals surface area contributed by atoms with E-state index in [0.29, 0.717) is 16.7 Å². The molecule has 122 valence electrons. The molecule has 2 rings (SSSR count). The summed E-state index contributed by atoms with van der Waals surface area (Å²) in [6.07, 6.45) is 1.27. The van der Waals surface area contributed by atoms with Gasteiger partial charge in [-0.3, -0.25) is 10.1 Å². The Labute approximate surface area is 138 Å². The molecule has 2 aromatic carbocycles. The monoisotopic (exact) mass is 344 g/mol. The number of hydrogen-bond donors (Lipinski definition) is 1. The highest BCUT2D eigenvalue weighted by Gasteiger charge is 2.19. The summed E-state index contributed by atoms with van der Waals surface area (Å²) in [7, 11) is -4.02. The van der Waals surface area contributed by atoms with Gasteiger partial charge in [0.15, 0.2) is 0 Å². The number of benzene rings is 2. The normalized spacial score (nSPS) is 11.2. The van der Waals surface area contributed by atoms with E-state index >= 15 is 0 Å². The lowest BCUT2D eigenvalue weighted by atomic mass is 10.2. The number of rotatable bonds is 5. The summed E-state index contributed by atoms with van der Waals surface area (Å²) in [5.41, 5.74) is 1.14. The fourth-order valence-corrected chi connectivity index (χ4v) is 2.63. The van der Waals surface area contributed by atoms with Gasteiger partial charge < -0.3 is 0 Å². The average molecular weight is 344 g/mol. The van der Waals surface area contributed by atoms with Crippen molar-refractivity contribution in [2.45, 2.75) is 11.8 Å². The van der Waals surface area contributed by atoms with E-state index < -0.39 is 14.9 Å². The number of hydrazone groups is 1. The molecule has 8 nitrogen and oxygen atoms in total. The first kappa shape index (κ1) is 17.1. The lowest BCUT2D eigenvalue weighted by molar-refractivity contribution is -0.385. The molecule has 0 saturated heterocycles. The van der Waals surface area contributed by atoms with E-state index in [0.717, 1.165) is 6.07 Å². The minimum atomic E-state index is -4.02. The van der Waals surface area contributed by atoms with E-state index in [1.807, 2.05) is 10.9 Å². The summed E-state index contributed by atoms with van der Waals surface area (Å²) in [6.45, 7) is 1.52. The highest BCUT2D eigenvalue weighted by molar-refractivity contribution is 7.89. The van der Waals surface area contributed by atoms with E-state index in [4.69, 9.17) is 5.26 Å². The zero-order chi connectivity index (χ0) is 17.7. The molecular weight excluding hydrogens is 332 g/mol. The van der Waals surface area contributed by atoms with Crippen molar-refractivity contribution in [2.24, 2.45) is 5.10 Å². The molecule has 0 aliphatic heterocycles. The first-order valence-corrected chi connectivity index (χ1v) is 8.12. The zero-order valence-corrected chi connectivity index (χ0v) is 13.3. The van der Waals surface area contributed by atoms with Gasteiger partial charge in [-0.15, -0.1) is 0 Å². The first-order chi connectivity index (χ1) is 11.3. The fourth-order valence-electron chi connectivity index (χ4n) is 1.82. The van der Waals surface area contributed by atoms with E-state index in [9.17, 15) is 18.5 Å². The second-order valence-corrected chi connectivity index (χ2v) is 6.45. The molecular formula is C15H12N4O4S. The third kappa shape index (κ3) is 3.93. The number of nitro groups is 1. The standard InChI is InChI=1S/C15H12N4O4S/c1-11-2-7-14(8-15(11)19(20)21)24(22,23)18-17-10-13-5-3-12(9-16)4-6-13/h2-8,10,18H,1H3. The predicted molar refractivity (Wildman–Crippen MR) is 86.9 cm³/mol. The van der Waals surface area contributed by atoms with E-state index in [-0.39, 0.29) is 10.6 Å². The fraction of sp³-hybridized carbons (Fsp3) is 0.0667. The molecule has 24 heavy (non-hydrogen) atoms. The molecule has 0 amide bonds. The molecule has 0 spiro atoms. The smallest absolute Gasteiger partial charge is 0.258 e. The van der Waals surface area contributed by atoms with E-state index in [1.165, 1.54) is 25.3 Å². The number of nitrogens with one attached hydrogen (secondary N) is 1. The zero-order valence-electron chi connectivity index (χ0n) is 12.5. The number of aryl methyl sites for hydroxylation is 1. The van der Waals surface area contributed by atoms with Gasteiger partial charge in [0.25, 0.3) is 15.7 Å². The Morgan fingerprint density at radius 3 is 2.50 bits per heavy atom. The van der Waals surface area contributed by atoms with Crippen LogP contribution in [0.2, 0.25) is 0 Å². The van der Waals surface area contributed by atoms with Crippen LogP contribution in [-0.2, 0) is 10.0 Å². The SMILES string of the molecule is Cc1ccc(S(=O)(=O)NN=Cc2ccc(C#N)cc2)cc1[N+](=O)[O-]. The van der Waals surface area contributed by atoms with Crippen LogP contribution in [0.3, 0.4) is 0 Å². The number of nitrogens with zero attached hydrogens (tertiary/aromatic N) is 3. The molecule has 0 bridgehead atoms. The predicted octanol–water partition coefficient (Wildman–Crippen LogP) is 2.09. The number of nitro benzene ring substituents is 1. The van der Waals surface area contributed by atoms with Crippen molar-refractivity contribution in [3.05, 3.63) is 69.3 Å². The van der Waals surface area contributed by atoms with Crippen LogP contribution in [0, 0.1) is 28.4 Å². The molecule has 0 unspecified atom stereocenters. The Morgan fingerprint density at radius 2 is 1.92 bits per heavy atom. The van der Waals surface area contributed by atoms with Crippen molar-refractivity contribution in [2.75, 3.05) is 0 Å². The molecule has 0 aromatic heterocycles. The minimum absolute atomic E-state index is 0.253. The lowest BCUT2D eigenvalue weighted by Crippen LogP contribution is -2.18. The average Bonchev–Trinajstić information content (AvgIpc) is 2.55. The highest BCUT2D eigenvalue weighted by atomic mass is 32.2. The van der Waals surface area contributed by atoms with Gasteiger partial charge >= 0.3 is 0 Å². The summed E-state index contributed by atoms with van der Waals surface area (Å²) in [5.74, 6) is 0. The van der Waals surface area contributed by atoms with E-state index in [1.54, 1.807) is 24.3 Å². The van der Waals surface area contributed by atoms with Crippen LogP contribution in [0.4, 0.5) is 5.69 Å². The number of hydrogen-bond acceptors (Lipinski definition) is 6. The van der Waals surface area contributed by atoms with Crippen LogP contribution in [0.1, 0.15) is 16.7 Å². The molecule has 0 heterocycles. The molecule has 0 saturated carbocycles. The third-order valence-corrected chi connectivity index (χ3v) is 4.33. The molecule has 9 heteroatoms. The Morgan fingerprint density at radius 1 is 1.25 bits per heavy atom. The van der Waals surface area contributed by atoms with Crippen molar-refractivity contribution in [1.29, 1.82) is 5.26 Å². The second-order valence-electron chi connectivity index (χ2n) is 4.79. The Balaban J connectivity index is 2.19. The van der Waals surface area contributed by atoms with Gasteiger partial charge in [-0.1, -0.05) is 18.2 Å². The van der Waals surface area contributed by atoms with Crippen LogP contribution < -0.4 is 4.83 Å². The maximum absolute atomic E-state index is 12.1. The van der Waals surface area contributed by atoms with Crippen LogP contribution >= 0.6 is 0 Å². The van der Waals surface area contributed by atoms with Crippen LogP contribution in [0.25, 0.3) is 0 Å². The van der Waals surface area contributed by atoms with Crippen LogP contribution in [0.15, 0.2) is 52.5 Å². The Kier molecular flexibility index (Phi) is 4.91. The summed E-state index contributed by atoms with van der Waals surface area (Å²) in [5, 5.41) is 23.2. The summed E-state index contributed by atoms with van der Waals surface area (Å²) in [6, 6.07) is 11.9. The molecule has 0 atom stereocenters. The molecule has 2 aromatic rings. The molecule has 0 radical (unpaired) electrons. The summed E-state index contributed by atoms with van der Waals surface area (Å²) in [4.78, 5) is 12.0. The van der Waals surface area contributed by atoms with Crippen molar-refractivity contribution in [3.8, 4) is 6.07 Å². The van der Waals surface area contributed by atoms with Gasteiger partial charge in [-0.05, 0) is 30.7 Å². The molecule has 0 aliphatic rings. The van der Waals surface area contributed by atoms with Crippen molar-refractivity contribution in [1.82, 2.24) is 4.83 Å². The number of nitriles is 1. The van der Waals surface area contributed by atoms with Gasteiger partial charge in [-0.25, -0.2) is 4.83 Å². The van der Waals surface area contributed by atoms with Gasteiger partial charge in [0.05, 0.1) is 27.7 Å². The van der Waals surface area contributed by atoms with Gasteiger partial charge in [0, 0.05) is 11.6 Å². The lowest BCUT2D eigenvalue weighted by Gasteiger charge is -2.04. The molecule has 0 aliphatic carbocycles. The third-order valence-electron chi connectivity index (χ3n) is 3.11. The van der Waals surface area contributed by atoms with Gasteiger partial charge in [-0.2, -0.15) is 18.8 Å². The largest absolute Gasteiger partial charge is 0.276 e. The Hall–Kier alpha value is -3.25. The van der Waals surface area contributed by atoms with Gasteiger partial charge in [0.2, 0.25) is 0 Å². The first-order valence-electron chi connectivity index (χ1n) is 6.63. The van der Waals surface area contributed by atoms with Crippen molar-refractivity contribution >= 4 is 21.9 Å².